The van der Waals surface area contributed by atoms with Gasteiger partial charge < -0.3 is 10.5 Å². The molecule has 0 spiro atoms. The van der Waals surface area contributed by atoms with Crippen LogP contribution in [0.4, 0.5) is 13.2 Å². The summed E-state index contributed by atoms with van der Waals surface area (Å²) in [6.07, 6.45) is -3.76. The van der Waals surface area contributed by atoms with E-state index >= 15 is 0 Å². The van der Waals surface area contributed by atoms with E-state index in [-0.39, 0.29) is 22.6 Å². The predicted molar refractivity (Wildman–Crippen MR) is 117 cm³/mol. The zero-order chi connectivity index (χ0) is 23.8. The van der Waals surface area contributed by atoms with E-state index in [2.05, 4.69) is 11.1 Å². The SMILES string of the molecule is CC(Oc1cc(-n2cnc3ccc(CC#N)cc32)sc1C(N)=O)c1ccccc1C(F)(F)F. The minimum Gasteiger partial charge on any atom is -0.484 e. The topological polar surface area (TPSA) is 93.9 Å². The Bertz CT molecular complexity index is 1380. The van der Waals surface area contributed by atoms with Crippen LogP contribution >= 0.6 is 11.3 Å². The van der Waals surface area contributed by atoms with Crippen molar-refractivity contribution in [2.24, 2.45) is 5.73 Å². The molecule has 0 aliphatic rings. The molecule has 0 saturated carbocycles. The number of nitriles is 1. The summed E-state index contributed by atoms with van der Waals surface area (Å²) in [7, 11) is 0. The molecule has 2 aromatic carbocycles. The Morgan fingerprint density at radius 1 is 1.27 bits per heavy atom. The van der Waals surface area contributed by atoms with Gasteiger partial charge in [0.2, 0.25) is 0 Å². The van der Waals surface area contributed by atoms with Crippen LogP contribution in [0.1, 0.15) is 39.4 Å². The number of halogens is 3. The molecule has 0 aliphatic heterocycles. The van der Waals surface area contributed by atoms with Crippen molar-refractivity contribution in [3.05, 3.63) is 76.4 Å². The number of primary amides is 1. The molecule has 10 heteroatoms. The first-order valence-electron chi connectivity index (χ1n) is 9.78. The van der Waals surface area contributed by atoms with Crippen molar-refractivity contribution in [3.63, 3.8) is 0 Å². The number of carbonyl (C=O) groups excluding carboxylic acids is 1. The number of imidazole rings is 1. The average Bonchev–Trinajstić information content (AvgIpc) is 3.37. The number of amides is 1. The Morgan fingerprint density at radius 2 is 2.03 bits per heavy atom. The smallest absolute Gasteiger partial charge is 0.416 e. The van der Waals surface area contributed by atoms with E-state index in [9.17, 15) is 18.0 Å². The zero-order valence-electron chi connectivity index (χ0n) is 17.3. The van der Waals surface area contributed by atoms with E-state index in [1.54, 1.807) is 29.1 Å². The first-order valence-corrected chi connectivity index (χ1v) is 10.6. The largest absolute Gasteiger partial charge is 0.484 e. The zero-order valence-corrected chi connectivity index (χ0v) is 18.1. The number of fused-ring (bicyclic) bond motifs is 1. The first kappa shape index (κ1) is 22.4. The number of ether oxygens (including phenoxy) is 1. The fraction of sp³-hybridized carbons (Fsp3) is 0.174. The lowest BCUT2D eigenvalue weighted by molar-refractivity contribution is -0.138. The van der Waals surface area contributed by atoms with Crippen LogP contribution in [0.25, 0.3) is 16.0 Å². The van der Waals surface area contributed by atoms with Gasteiger partial charge >= 0.3 is 6.18 Å². The van der Waals surface area contributed by atoms with Gasteiger partial charge in [-0.25, -0.2) is 4.98 Å². The lowest BCUT2D eigenvalue weighted by Crippen LogP contribution is -2.15. The summed E-state index contributed by atoms with van der Waals surface area (Å²) in [5.41, 5.74) is 6.85. The highest BCUT2D eigenvalue weighted by Gasteiger charge is 2.35. The molecule has 4 rings (SSSR count). The first-order chi connectivity index (χ1) is 15.7. The van der Waals surface area contributed by atoms with Gasteiger partial charge in [0, 0.05) is 11.6 Å². The molecular formula is C23H17F3N4O2S. The van der Waals surface area contributed by atoms with Gasteiger partial charge in [-0.3, -0.25) is 9.36 Å². The average molecular weight is 470 g/mol. The summed E-state index contributed by atoms with van der Waals surface area (Å²) in [6, 6.07) is 14.2. The van der Waals surface area contributed by atoms with E-state index in [0.717, 1.165) is 23.0 Å². The summed E-state index contributed by atoms with van der Waals surface area (Å²) in [5, 5.41) is 9.52. The van der Waals surface area contributed by atoms with Crippen molar-refractivity contribution in [1.82, 2.24) is 9.55 Å². The Morgan fingerprint density at radius 3 is 2.73 bits per heavy atom. The van der Waals surface area contributed by atoms with E-state index in [0.29, 0.717) is 16.0 Å². The maximum Gasteiger partial charge on any atom is 0.416 e. The fourth-order valence-corrected chi connectivity index (χ4v) is 4.46. The van der Waals surface area contributed by atoms with Gasteiger partial charge in [-0.2, -0.15) is 18.4 Å². The molecule has 168 valence electrons. The molecule has 0 radical (unpaired) electrons. The number of carbonyl (C=O) groups is 1. The van der Waals surface area contributed by atoms with Crippen LogP contribution in [-0.4, -0.2) is 15.5 Å². The van der Waals surface area contributed by atoms with Crippen LogP contribution in [0.15, 0.2) is 54.9 Å². The van der Waals surface area contributed by atoms with Crippen LogP contribution in [0, 0.1) is 11.3 Å². The van der Waals surface area contributed by atoms with Crippen LogP contribution in [0.2, 0.25) is 0 Å². The third-order valence-corrected chi connectivity index (χ3v) is 6.18. The lowest BCUT2D eigenvalue weighted by atomic mass is 10.0. The van der Waals surface area contributed by atoms with Gasteiger partial charge in [0.1, 0.15) is 28.1 Å². The molecule has 0 bridgehead atoms. The van der Waals surface area contributed by atoms with Crippen LogP contribution < -0.4 is 10.5 Å². The molecule has 6 nitrogen and oxygen atoms in total. The summed E-state index contributed by atoms with van der Waals surface area (Å²) >= 11 is 1.04. The summed E-state index contributed by atoms with van der Waals surface area (Å²) in [4.78, 5) is 16.5. The number of nitrogens with zero attached hydrogens (tertiary/aromatic N) is 3. The highest BCUT2D eigenvalue weighted by molar-refractivity contribution is 7.16. The number of benzene rings is 2. The number of hydrogen-bond acceptors (Lipinski definition) is 5. The van der Waals surface area contributed by atoms with Crippen LogP contribution in [0.5, 0.6) is 5.75 Å². The normalized spacial score (nSPS) is 12.5. The van der Waals surface area contributed by atoms with Crippen molar-refractivity contribution >= 4 is 28.3 Å². The third-order valence-electron chi connectivity index (χ3n) is 5.05. The molecule has 1 atom stereocenters. The van der Waals surface area contributed by atoms with Gasteiger partial charge in [0.25, 0.3) is 5.91 Å². The van der Waals surface area contributed by atoms with Gasteiger partial charge in [0.15, 0.2) is 0 Å². The van der Waals surface area contributed by atoms with E-state index in [1.807, 2.05) is 6.07 Å². The lowest BCUT2D eigenvalue weighted by Gasteiger charge is -2.19. The number of thiophene rings is 1. The molecule has 4 aromatic rings. The van der Waals surface area contributed by atoms with Crippen molar-refractivity contribution in [2.75, 3.05) is 0 Å². The van der Waals surface area contributed by atoms with Crippen LogP contribution in [0.3, 0.4) is 0 Å². The summed E-state index contributed by atoms with van der Waals surface area (Å²) in [6.45, 7) is 1.48. The molecule has 33 heavy (non-hydrogen) atoms. The molecule has 2 heterocycles. The molecule has 1 unspecified atom stereocenters. The van der Waals surface area contributed by atoms with Crippen LogP contribution in [-0.2, 0) is 12.6 Å². The highest BCUT2D eigenvalue weighted by Crippen LogP contribution is 2.39. The molecule has 2 aromatic heterocycles. The number of hydrogen-bond donors (Lipinski definition) is 1. The van der Waals surface area contributed by atoms with Gasteiger partial charge in [0.05, 0.1) is 29.1 Å². The second-order valence-corrected chi connectivity index (χ2v) is 8.29. The maximum absolute atomic E-state index is 13.4. The quantitative estimate of drug-likeness (QED) is 0.408. The Hall–Kier alpha value is -3.84. The van der Waals surface area contributed by atoms with E-state index < -0.39 is 23.8 Å². The monoisotopic (exact) mass is 470 g/mol. The standard InChI is InChI=1S/C23H17F3N4O2S/c1-13(15-4-2-3-5-16(15)23(24,25)26)32-19-11-20(33-21(19)22(28)31)30-12-29-17-7-6-14(8-9-27)10-18(17)30/h2-7,10-13H,8H2,1H3,(H2,28,31). The summed E-state index contributed by atoms with van der Waals surface area (Å²) in [5.74, 6) is -0.672. The molecule has 1 amide bonds. The van der Waals surface area contributed by atoms with E-state index in [1.165, 1.54) is 25.1 Å². The molecular weight excluding hydrogens is 453 g/mol. The van der Waals surface area contributed by atoms with Gasteiger partial charge in [-0.05, 0) is 30.7 Å². The third kappa shape index (κ3) is 4.40. The summed E-state index contributed by atoms with van der Waals surface area (Å²) < 4.78 is 47.8. The van der Waals surface area contributed by atoms with E-state index in [4.69, 9.17) is 15.7 Å². The Labute approximate surface area is 190 Å². The molecule has 0 fully saturated rings. The Kier molecular flexibility index (Phi) is 5.82. The van der Waals surface area contributed by atoms with Crippen molar-refractivity contribution in [1.29, 1.82) is 5.26 Å². The molecule has 2 N–H and O–H groups in total. The fourth-order valence-electron chi connectivity index (χ4n) is 3.53. The number of aromatic nitrogens is 2. The predicted octanol–water partition coefficient (Wildman–Crippen LogP) is 5.41. The van der Waals surface area contributed by atoms with Crippen molar-refractivity contribution in [2.45, 2.75) is 25.6 Å². The molecule has 0 saturated heterocycles. The second kappa shape index (κ2) is 8.60. The number of rotatable bonds is 6. The number of alkyl halides is 3. The van der Waals surface area contributed by atoms with Gasteiger partial charge in [-0.1, -0.05) is 24.3 Å². The second-order valence-electron chi connectivity index (χ2n) is 7.26. The van der Waals surface area contributed by atoms with Crippen molar-refractivity contribution < 1.29 is 22.7 Å². The maximum atomic E-state index is 13.4. The molecule has 0 aliphatic carbocycles. The highest BCUT2D eigenvalue weighted by atomic mass is 32.1. The minimum atomic E-state index is -4.54. The number of nitrogens with two attached hydrogens (primary N) is 1. The minimum absolute atomic E-state index is 0.0533. The van der Waals surface area contributed by atoms with Crippen molar-refractivity contribution in [3.8, 4) is 16.8 Å². The Balaban J connectivity index is 1.74. The van der Waals surface area contributed by atoms with Gasteiger partial charge in [-0.15, -0.1) is 11.3 Å².